The van der Waals surface area contributed by atoms with Gasteiger partial charge in [-0.3, -0.25) is 28.8 Å². The maximum atomic E-state index is 15.2. The summed E-state index contributed by atoms with van der Waals surface area (Å²) in [6.45, 7) is 7.56. The molecule has 0 unspecified atom stereocenters. The largest absolute Gasteiger partial charge is 0.454 e. The zero-order chi connectivity index (χ0) is 50.7. The van der Waals surface area contributed by atoms with Gasteiger partial charge in [0.1, 0.15) is 36.4 Å². The number of benzene rings is 3. The first-order valence-corrected chi connectivity index (χ1v) is 27.0. The third-order valence-corrected chi connectivity index (χ3v) is 17.6. The van der Waals surface area contributed by atoms with Gasteiger partial charge in [-0.1, -0.05) is 102 Å². The number of hydrogen-bond donors (Lipinski definition) is 4. The van der Waals surface area contributed by atoms with E-state index in [4.69, 9.17) is 18.9 Å². The predicted molar refractivity (Wildman–Crippen MR) is 262 cm³/mol. The molecule has 384 valence electrons. The predicted octanol–water partition coefficient (Wildman–Crippen LogP) is 5.75. The molecule has 3 aromatic carbocycles. The molecular formula is C53H64N6O12S. The molecule has 10 rings (SSSR count). The Balaban J connectivity index is 0.874. The number of fused-ring (bicyclic) bond motifs is 5. The number of carbonyl (C=O) groups is 6. The second-order valence-corrected chi connectivity index (χ2v) is 23.6. The molecule has 7 aliphatic rings. The molecule has 0 bridgehead atoms. The Morgan fingerprint density at radius 1 is 0.847 bits per heavy atom. The lowest BCUT2D eigenvalue weighted by Crippen LogP contribution is -2.62. The normalized spacial score (nSPS) is 24.0. The van der Waals surface area contributed by atoms with Crippen LogP contribution < -0.4 is 30.1 Å². The van der Waals surface area contributed by atoms with Crippen molar-refractivity contribution in [2.45, 2.75) is 146 Å². The molecule has 4 fully saturated rings. The van der Waals surface area contributed by atoms with Gasteiger partial charge in [-0.15, -0.1) is 0 Å². The SMILES string of the molecule is CC[C@H]1C[C@@]1(NC(=O)[C@@H]1C[C@@H](OC(=O)N2Cc3cc4c(cc3C2)OCO4)CN1C(=O)[C@@H](NC(=O)[C@@H](NC(=O)OCC1c2ccccc2-c2ccccc21)C1CCCCC1)C(C)(C)C)C(=O)NS(=O)(=O)C1CC1. The van der Waals surface area contributed by atoms with E-state index in [0.29, 0.717) is 43.6 Å². The molecule has 6 atom stereocenters. The minimum Gasteiger partial charge on any atom is -0.454 e. The Kier molecular flexibility index (Phi) is 13.2. The average Bonchev–Trinajstić information content (AvgIpc) is 4.13. The van der Waals surface area contributed by atoms with E-state index in [1.54, 1.807) is 20.8 Å². The maximum absolute atomic E-state index is 15.2. The molecule has 0 radical (unpaired) electrons. The fourth-order valence-electron chi connectivity index (χ4n) is 11.5. The van der Waals surface area contributed by atoms with E-state index in [-0.39, 0.29) is 63.6 Å². The quantitative estimate of drug-likeness (QED) is 0.151. The summed E-state index contributed by atoms with van der Waals surface area (Å²) < 4.78 is 51.2. The van der Waals surface area contributed by atoms with Crippen molar-refractivity contribution in [3.63, 3.8) is 0 Å². The minimum absolute atomic E-state index is 0.0425. The number of sulfonamides is 1. The van der Waals surface area contributed by atoms with Gasteiger partial charge in [0.15, 0.2) is 11.5 Å². The summed E-state index contributed by atoms with van der Waals surface area (Å²) >= 11 is 0. The number of likely N-dealkylation sites (tertiary alicyclic amines) is 1. The highest BCUT2D eigenvalue weighted by molar-refractivity contribution is 7.91. The third kappa shape index (κ3) is 9.67. The molecule has 72 heavy (non-hydrogen) atoms. The van der Waals surface area contributed by atoms with Crippen LogP contribution >= 0.6 is 0 Å². The number of ether oxygens (including phenoxy) is 4. The highest BCUT2D eigenvalue weighted by atomic mass is 32.2. The van der Waals surface area contributed by atoms with Crippen LogP contribution in [0.4, 0.5) is 9.59 Å². The van der Waals surface area contributed by atoms with Crippen molar-refractivity contribution in [2.24, 2.45) is 17.3 Å². The van der Waals surface area contributed by atoms with Gasteiger partial charge in [0.25, 0.3) is 5.91 Å². The van der Waals surface area contributed by atoms with Gasteiger partial charge >= 0.3 is 12.2 Å². The first-order chi connectivity index (χ1) is 34.4. The summed E-state index contributed by atoms with van der Waals surface area (Å²) in [5.74, 6) is -2.44. The zero-order valence-electron chi connectivity index (χ0n) is 41.2. The molecule has 19 heteroatoms. The number of nitrogens with one attached hydrogen (secondary N) is 4. The minimum atomic E-state index is -3.95. The van der Waals surface area contributed by atoms with Gasteiger partial charge in [0, 0.05) is 25.4 Å². The highest BCUT2D eigenvalue weighted by Gasteiger charge is 2.62. The van der Waals surface area contributed by atoms with Crippen LogP contribution in [0.3, 0.4) is 0 Å². The second kappa shape index (κ2) is 19.2. The van der Waals surface area contributed by atoms with Gasteiger partial charge in [-0.05, 0) is 94.9 Å². The number of amides is 6. The summed E-state index contributed by atoms with van der Waals surface area (Å²) in [4.78, 5) is 89.0. The Labute approximate surface area is 419 Å². The van der Waals surface area contributed by atoms with Crippen molar-refractivity contribution >= 4 is 45.8 Å². The van der Waals surface area contributed by atoms with Crippen LogP contribution in [-0.4, -0.2) is 109 Å². The van der Waals surface area contributed by atoms with E-state index in [1.165, 1.54) is 9.80 Å². The van der Waals surface area contributed by atoms with Gasteiger partial charge in [-0.25, -0.2) is 18.0 Å². The standard InChI is InChI=1S/C53H64N6O12S/c1-5-33-24-53(33,49(63)57-72(66,67)35-19-20-35)56-46(60)41-23-34(71-51(65)58-25-31-21-42-43(70-29-69-42)22-32(31)26-58)27-59(41)48(62)45(52(2,3)4)55-47(61)44(30-13-7-6-8-14-30)54-50(64)68-28-40-38-17-11-9-15-36(38)37-16-10-12-18-39(37)40/h9-12,15-18,21-22,30,33-35,40-41,44-45H,5-8,13-14,19-20,23-29H2,1-4H3,(H,54,64)(H,55,61)(H,56,60)(H,57,63)/t33-,34+,41-,44-,45+,53-/m0/s1. The summed E-state index contributed by atoms with van der Waals surface area (Å²) in [7, 11) is -3.95. The van der Waals surface area contributed by atoms with Gasteiger partial charge < -0.3 is 39.8 Å². The van der Waals surface area contributed by atoms with Crippen molar-refractivity contribution in [1.29, 1.82) is 0 Å². The maximum Gasteiger partial charge on any atom is 0.410 e. The highest BCUT2D eigenvalue weighted by Crippen LogP contribution is 2.48. The third-order valence-electron chi connectivity index (χ3n) is 15.8. The summed E-state index contributed by atoms with van der Waals surface area (Å²) in [6.07, 6.45) is 2.99. The molecule has 3 aliphatic heterocycles. The van der Waals surface area contributed by atoms with Crippen LogP contribution in [-0.2, 0) is 51.8 Å². The summed E-state index contributed by atoms with van der Waals surface area (Å²) in [5, 5.41) is 8.05. The van der Waals surface area contributed by atoms with E-state index in [0.717, 1.165) is 52.6 Å². The Hall–Kier alpha value is -6.37. The molecule has 18 nitrogen and oxygen atoms in total. The second-order valence-electron chi connectivity index (χ2n) is 21.7. The van der Waals surface area contributed by atoms with E-state index in [9.17, 15) is 32.4 Å². The van der Waals surface area contributed by atoms with Gasteiger partial charge in [0.05, 0.1) is 11.8 Å². The first-order valence-electron chi connectivity index (χ1n) is 25.4. The van der Waals surface area contributed by atoms with Crippen LogP contribution in [0.1, 0.15) is 120 Å². The molecular weight excluding hydrogens is 945 g/mol. The van der Waals surface area contributed by atoms with E-state index >= 15 is 4.79 Å². The van der Waals surface area contributed by atoms with E-state index < -0.39 is 86.3 Å². The Morgan fingerprint density at radius 2 is 1.47 bits per heavy atom. The lowest BCUT2D eigenvalue weighted by Gasteiger charge is -2.37. The van der Waals surface area contributed by atoms with Crippen LogP contribution in [0.25, 0.3) is 11.1 Å². The van der Waals surface area contributed by atoms with E-state index in [1.807, 2.05) is 67.6 Å². The van der Waals surface area contributed by atoms with Crippen molar-refractivity contribution < 1.29 is 56.1 Å². The summed E-state index contributed by atoms with van der Waals surface area (Å²) in [6, 6.07) is 16.1. The zero-order valence-corrected chi connectivity index (χ0v) is 42.0. The lowest BCUT2D eigenvalue weighted by molar-refractivity contribution is -0.145. The molecule has 0 aromatic heterocycles. The monoisotopic (exact) mass is 1010 g/mol. The van der Waals surface area contributed by atoms with Gasteiger partial charge in [0.2, 0.25) is 34.5 Å². The van der Waals surface area contributed by atoms with Crippen molar-refractivity contribution in [3.8, 4) is 22.6 Å². The molecule has 1 saturated heterocycles. The molecule has 6 amide bonds. The Morgan fingerprint density at radius 3 is 2.06 bits per heavy atom. The van der Waals surface area contributed by atoms with Crippen LogP contribution in [0.2, 0.25) is 0 Å². The molecule has 4 N–H and O–H groups in total. The molecule has 3 heterocycles. The smallest absolute Gasteiger partial charge is 0.410 e. The Bertz CT molecular complexity index is 2710. The number of rotatable bonds is 14. The topological polar surface area (TPSA) is 228 Å². The van der Waals surface area contributed by atoms with Crippen LogP contribution in [0.5, 0.6) is 11.5 Å². The molecule has 0 spiro atoms. The van der Waals surface area contributed by atoms with Crippen molar-refractivity contribution in [1.82, 2.24) is 30.5 Å². The van der Waals surface area contributed by atoms with Crippen molar-refractivity contribution in [2.75, 3.05) is 19.9 Å². The van der Waals surface area contributed by atoms with Crippen LogP contribution in [0, 0.1) is 17.3 Å². The number of alkyl carbamates (subject to hydrolysis) is 1. The first kappa shape index (κ1) is 49.2. The molecule has 3 saturated carbocycles. The number of hydrogen-bond acceptors (Lipinski definition) is 12. The van der Waals surface area contributed by atoms with Crippen molar-refractivity contribution in [3.05, 3.63) is 82.9 Å². The fraction of sp³-hybridized carbons (Fsp3) is 0.547. The molecule has 3 aromatic rings. The lowest BCUT2D eigenvalue weighted by atomic mass is 9.82. The van der Waals surface area contributed by atoms with Crippen LogP contribution in [0.15, 0.2) is 60.7 Å². The summed E-state index contributed by atoms with van der Waals surface area (Å²) in [5.41, 5.74) is 3.48. The number of nitrogens with zero attached hydrogens (tertiary/aromatic N) is 2. The fourth-order valence-corrected chi connectivity index (χ4v) is 12.8. The van der Waals surface area contributed by atoms with Gasteiger partial charge in [-0.2, -0.15) is 0 Å². The van der Waals surface area contributed by atoms with E-state index in [2.05, 4.69) is 20.7 Å². The average molecular weight is 1010 g/mol. The molecule has 4 aliphatic carbocycles. The number of carbonyl (C=O) groups excluding carboxylic acids is 6.